The number of hydrogen-bond donors (Lipinski definition) is 1. The summed E-state index contributed by atoms with van der Waals surface area (Å²) in [5.41, 5.74) is 3.44. The van der Waals surface area contributed by atoms with Crippen molar-refractivity contribution in [3.8, 4) is 0 Å². The minimum Gasteiger partial charge on any atom is -0.380 e. The van der Waals surface area contributed by atoms with Crippen LogP contribution in [0.5, 0.6) is 0 Å². The molecule has 0 saturated carbocycles. The summed E-state index contributed by atoms with van der Waals surface area (Å²) >= 11 is 0. The number of carbonyl (C=O) groups is 1. The molecule has 2 rings (SSSR count). The maximum Gasteiger partial charge on any atom is 0.232 e. The largest absolute Gasteiger partial charge is 0.380 e. The normalized spacial score (nSPS) is 11.2. The molecule has 0 spiro atoms. The van der Waals surface area contributed by atoms with Gasteiger partial charge in [0.15, 0.2) is 0 Å². The molecule has 0 aromatic heterocycles. The van der Waals surface area contributed by atoms with Gasteiger partial charge in [0.2, 0.25) is 15.9 Å². The molecule has 0 bridgehead atoms. The molecule has 6 nitrogen and oxygen atoms in total. The average molecular weight is 405 g/mol. The van der Waals surface area contributed by atoms with Crippen molar-refractivity contribution in [3.63, 3.8) is 0 Å². The molecule has 0 radical (unpaired) electrons. The van der Waals surface area contributed by atoms with E-state index < -0.39 is 10.0 Å². The number of methoxy groups -OCH3 is 1. The monoisotopic (exact) mass is 404 g/mol. The quantitative estimate of drug-likeness (QED) is 0.657. The van der Waals surface area contributed by atoms with Gasteiger partial charge in [0.1, 0.15) is 0 Å². The van der Waals surface area contributed by atoms with Crippen molar-refractivity contribution in [1.82, 2.24) is 0 Å². The minimum atomic E-state index is -3.42. The Bertz CT molecular complexity index is 880. The van der Waals surface area contributed by atoms with Gasteiger partial charge in [-0.05, 0) is 48.2 Å². The molecule has 28 heavy (non-hydrogen) atoms. The molecule has 0 atom stereocenters. The molecular formula is C21H28N2O4S. The number of ether oxygens (including phenoxy) is 1. The summed E-state index contributed by atoms with van der Waals surface area (Å²) in [5.74, 6) is -0.149. The van der Waals surface area contributed by atoms with E-state index in [9.17, 15) is 13.2 Å². The molecule has 0 heterocycles. The summed E-state index contributed by atoms with van der Waals surface area (Å²) in [6.45, 7) is 2.78. The van der Waals surface area contributed by atoms with Gasteiger partial charge in [0.25, 0.3) is 0 Å². The molecule has 0 unspecified atom stereocenters. The zero-order chi connectivity index (χ0) is 20.6. The van der Waals surface area contributed by atoms with Crippen molar-refractivity contribution < 1.29 is 17.9 Å². The van der Waals surface area contributed by atoms with E-state index in [0.717, 1.165) is 17.5 Å². The Kier molecular flexibility index (Phi) is 8.02. The van der Waals surface area contributed by atoms with Gasteiger partial charge in [-0.1, -0.05) is 31.2 Å². The lowest BCUT2D eigenvalue weighted by Crippen LogP contribution is -2.31. The van der Waals surface area contributed by atoms with Crippen molar-refractivity contribution in [1.29, 1.82) is 0 Å². The molecule has 0 fully saturated rings. The Hall–Kier alpha value is -2.38. The summed E-state index contributed by atoms with van der Waals surface area (Å²) in [5, 5.41) is 2.85. The average Bonchev–Trinajstić information content (AvgIpc) is 2.65. The summed E-state index contributed by atoms with van der Waals surface area (Å²) in [6, 6.07) is 14.9. The predicted octanol–water partition coefficient (Wildman–Crippen LogP) is 3.58. The molecule has 2 aromatic rings. The van der Waals surface area contributed by atoms with Gasteiger partial charge in [-0.2, -0.15) is 0 Å². The third kappa shape index (κ3) is 6.65. The van der Waals surface area contributed by atoms with Crippen molar-refractivity contribution in [2.24, 2.45) is 0 Å². The van der Waals surface area contributed by atoms with Crippen molar-refractivity contribution >= 4 is 27.3 Å². The Morgan fingerprint density at radius 3 is 2.43 bits per heavy atom. The van der Waals surface area contributed by atoms with Crippen LogP contribution >= 0.6 is 0 Å². The van der Waals surface area contributed by atoms with E-state index in [-0.39, 0.29) is 18.9 Å². The Morgan fingerprint density at radius 1 is 1.11 bits per heavy atom. The van der Waals surface area contributed by atoms with Crippen LogP contribution in [0.3, 0.4) is 0 Å². The van der Waals surface area contributed by atoms with Crippen LogP contribution in [0.4, 0.5) is 11.4 Å². The second-order valence-corrected chi connectivity index (χ2v) is 8.55. The third-order valence-corrected chi connectivity index (χ3v) is 5.51. The van der Waals surface area contributed by atoms with E-state index in [1.807, 2.05) is 43.3 Å². The summed E-state index contributed by atoms with van der Waals surface area (Å²) in [6.07, 6.45) is 2.73. The molecule has 0 aliphatic carbocycles. The number of nitrogens with zero attached hydrogens (tertiary/aromatic N) is 1. The fraction of sp³-hybridized carbons (Fsp3) is 0.381. The van der Waals surface area contributed by atoms with Gasteiger partial charge in [0.05, 0.1) is 18.6 Å². The third-order valence-electron chi connectivity index (χ3n) is 4.32. The first-order chi connectivity index (χ1) is 13.3. The maximum absolute atomic E-state index is 12.2. The highest BCUT2D eigenvalue weighted by molar-refractivity contribution is 7.92. The van der Waals surface area contributed by atoms with Crippen LogP contribution in [0, 0.1) is 0 Å². The molecule has 0 aliphatic rings. The number of benzene rings is 2. The lowest BCUT2D eigenvalue weighted by Gasteiger charge is -2.22. The Labute approximate surface area is 167 Å². The highest BCUT2D eigenvalue weighted by Gasteiger charge is 2.17. The first-order valence-electron chi connectivity index (χ1n) is 9.28. The summed E-state index contributed by atoms with van der Waals surface area (Å²) < 4.78 is 30.8. The van der Waals surface area contributed by atoms with E-state index in [2.05, 4.69) is 5.32 Å². The van der Waals surface area contributed by atoms with Crippen LogP contribution in [0.25, 0.3) is 0 Å². The lowest BCUT2D eigenvalue weighted by atomic mass is 10.1. The van der Waals surface area contributed by atoms with Crippen LogP contribution in [0.15, 0.2) is 48.5 Å². The zero-order valence-electron chi connectivity index (χ0n) is 16.6. The van der Waals surface area contributed by atoms with Crippen molar-refractivity contribution in [2.45, 2.75) is 32.8 Å². The number of carbonyl (C=O) groups excluding carboxylic acids is 1. The zero-order valence-corrected chi connectivity index (χ0v) is 17.5. The lowest BCUT2D eigenvalue weighted by molar-refractivity contribution is -0.116. The number of hydrogen-bond acceptors (Lipinski definition) is 4. The van der Waals surface area contributed by atoms with Crippen molar-refractivity contribution in [3.05, 3.63) is 59.7 Å². The smallest absolute Gasteiger partial charge is 0.232 e. The van der Waals surface area contributed by atoms with Crippen LogP contribution < -0.4 is 9.62 Å². The first kappa shape index (κ1) is 21.9. The van der Waals surface area contributed by atoms with Gasteiger partial charge in [-0.15, -0.1) is 0 Å². The minimum absolute atomic E-state index is 0.149. The number of amides is 1. The Balaban J connectivity index is 1.94. The molecule has 152 valence electrons. The SMILES string of the molecule is CCc1ccc(N(CCCC(=O)Nc2cccc(COC)c2)S(C)(=O)=O)cc1. The first-order valence-corrected chi connectivity index (χ1v) is 11.1. The molecule has 0 saturated heterocycles. The standard InChI is InChI=1S/C21H28N2O4S/c1-4-17-10-12-20(13-11-17)23(28(3,25)26)14-6-9-21(24)22-19-8-5-7-18(15-19)16-27-2/h5,7-8,10-13,15H,4,6,9,14,16H2,1-3H3,(H,22,24). The molecule has 2 aromatic carbocycles. The molecular weight excluding hydrogens is 376 g/mol. The summed E-state index contributed by atoms with van der Waals surface area (Å²) in [7, 11) is -1.80. The van der Waals surface area contributed by atoms with E-state index in [4.69, 9.17) is 4.74 Å². The Morgan fingerprint density at radius 2 is 1.82 bits per heavy atom. The fourth-order valence-corrected chi connectivity index (χ4v) is 3.86. The van der Waals surface area contributed by atoms with Gasteiger partial charge >= 0.3 is 0 Å². The number of sulfonamides is 1. The van der Waals surface area contributed by atoms with E-state index in [0.29, 0.717) is 24.4 Å². The highest BCUT2D eigenvalue weighted by atomic mass is 32.2. The maximum atomic E-state index is 12.2. The van der Waals surface area contributed by atoms with Gasteiger partial charge in [0, 0.05) is 25.8 Å². The predicted molar refractivity (Wildman–Crippen MR) is 113 cm³/mol. The molecule has 7 heteroatoms. The van der Waals surface area contributed by atoms with Crippen LogP contribution in [-0.4, -0.2) is 34.2 Å². The van der Waals surface area contributed by atoms with Gasteiger partial charge in [-0.3, -0.25) is 9.10 Å². The van der Waals surface area contributed by atoms with E-state index >= 15 is 0 Å². The number of nitrogens with one attached hydrogen (secondary N) is 1. The fourth-order valence-electron chi connectivity index (χ4n) is 2.90. The van der Waals surface area contributed by atoms with Crippen molar-refractivity contribution in [2.75, 3.05) is 29.5 Å². The molecule has 0 aliphatic heterocycles. The second kappa shape index (κ2) is 10.2. The van der Waals surface area contributed by atoms with Crippen LogP contribution in [-0.2, 0) is 32.6 Å². The number of anilines is 2. The second-order valence-electron chi connectivity index (χ2n) is 6.64. The highest BCUT2D eigenvalue weighted by Crippen LogP contribution is 2.19. The summed E-state index contributed by atoms with van der Waals surface area (Å²) in [4.78, 5) is 12.2. The molecule has 1 N–H and O–H groups in total. The number of aryl methyl sites for hydroxylation is 1. The van der Waals surface area contributed by atoms with E-state index in [1.54, 1.807) is 19.2 Å². The topological polar surface area (TPSA) is 75.7 Å². The van der Waals surface area contributed by atoms with Crippen LogP contribution in [0.2, 0.25) is 0 Å². The van der Waals surface area contributed by atoms with E-state index in [1.165, 1.54) is 10.6 Å². The van der Waals surface area contributed by atoms with Gasteiger partial charge < -0.3 is 10.1 Å². The number of rotatable bonds is 10. The van der Waals surface area contributed by atoms with Crippen LogP contribution in [0.1, 0.15) is 30.9 Å². The molecule has 1 amide bonds. The van der Waals surface area contributed by atoms with Gasteiger partial charge in [-0.25, -0.2) is 8.42 Å².